The second-order valence-corrected chi connectivity index (χ2v) is 3.71. The molecule has 0 unspecified atom stereocenters. The van der Waals surface area contributed by atoms with Gasteiger partial charge in [-0.25, -0.2) is 4.39 Å². The second kappa shape index (κ2) is 5.84. The van der Waals surface area contributed by atoms with Gasteiger partial charge >= 0.3 is 5.97 Å². The first kappa shape index (κ1) is 13.0. The molecule has 88 valence electrons. The van der Waals surface area contributed by atoms with Crippen LogP contribution in [0.15, 0.2) is 12.1 Å². The van der Waals surface area contributed by atoms with Gasteiger partial charge in [0.25, 0.3) is 0 Å². The molecule has 1 aromatic carbocycles. The molecule has 5 heteroatoms. The lowest BCUT2D eigenvalue weighted by Gasteiger charge is -2.09. The first-order chi connectivity index (χ1) is 7.62. The molecule has 3 nitrogen and oxygen atoms in total. The first-order valence-electron chi connectivity index (χ1n) is 4.60. The summed E-state index contributed by atoms with van der Waals surface area (Å²) in [7, 11) is 2.76. The maximum Gasteiger partial charge on any atom is 0.310 e. The molecular weight excluding hydrogens is 279 g/mol. The third-order valence-electron chi connectivity index (χ3n) is 2.14. The normalized spacial score (nSPS) is 10.0. The van der Waals surface area contributed by atoms with Gasteiger partial charge in [-0.05, 0) is 12.1 Å². The first-order valence-corrected chi connectivity index (χ1v) is 5.72. The Bertz CT molecular complexity index is 393. The zero-order chi connectivity index (χ0) is 12.1. The van der Waals surface area contributed by atoms with Gasteiger partial charge in [0.2, 0.25) is 0 Å². The molecule has 0 aliphatic heterocycles. The summed E-state index contributed by atoms with van der Waals surface area (Å²) in [6.45, 7) is 0. The van der Waals surface area contributed by atoms with E-state index in [4.69, 9.17) is 4.74 Å². The highest BCUT2D eigenvalue weighted by molar-refractivity contribution is 9.08. The standard InChI is InChI=1S/C11H12BrFO3/c1-15-9-3-7(5-10(14)16-2)11(13)8(4-9)6-12/h3-4H,5-6H2,1-2H3. The summed E-state index contributed by atoms with van der Waals surface area (Å²) in [5.74, 6) is -0.356. The zero-order valence-corrected chi connectivity index (χ0v) is 10.6. The molecule has 0 heterocycles. The van der Waals surface area contributed by atoms with E-state index in [1.54, 1.807) is 6.07 Å². The van der Waals surface area contributed by atoms with E-state index in [1.165, 1.54) is 20.3 Å². The fraction of sp³-hybridized carbons (Fsp3) is 0.364. The van der Waals surface area contributed by atoms with Crippen molar-refractivity contribution in [3.8, 4) is 5.75 Å². The number of hydrogen-bond acceptors (Lipinski definition) is 3. The minimum atomic E-state index is -0.479. The van der Waals surface area contributed by atoms with E-state index >= 15 is 0 Å². The van der Waals surface area contributed by atoms with Gasteiger partial charge in [0, 0.05) is 16.5 Å². The molecule has 0 spiro atoms. The molecule has 1 rings (SSSR count). The Balaban J connectivity index is 3.10. The van der Waals surface area contributed by atoms with Crippen LogP contribution in [0.3, 0.4) is 0 Å². The molecule has 0 N–H and O–H groups in total. The van der Waals surface area contributed by atoms with Crippen LogP contribution < -0.4 is 4.74 Å². The highest BCUT2D eigenvalue weighted by Crippen LogP contribution is 2.23. The third kappa shape index (κ3) is 2.95. The molecule has 1 aromatic rings. The molecule has 0 aromatic heterocycles. The number of carbonyl (C=O) groups is 1. The Hall–Kier alpha value is -1.10. The van der Waals surface area contributed by atoms with Crippen molar-refractivity contribution < 1.29 is 18.7 Å². The smallest absolute Gasteiger partial charge is 0.310 e. The number of methoxy groups -OCH3 is 2. The van der Waals surface area contributed by atoms with Crippen LogP contribution in [0.5, 0.6) is 5.75 Å². The van der Waals surface area contributed by atoms with E-state index < -0.39 is 11.8 Å². The molecule has 0 aliphatic rings. The van der Waals surface area contributed by atoms with Crippen LogP contribution in [0.2, 0.25) is 0 Å². The van der Waals surface area contributed by atoms with Crippen molar-refractivity contribution in [1.82, 2.24) is 0 Å². The molecule has 16 heavy (non-hydrogen) atoms. The van der Waals surface area contributed by atoms with Gasteiger partial charge in [0.15, 0.2) is 0 Å². The highest BCUT2D eigenvalue weighted by Gasteiger charge is 2.13. The van der Waals surface area contributed by atoms with Crippen LogP contribution in [0, 0.1) is 5.82 Å². The molecule has 0 fully saturated rings. The van der Waals surface area contributed by atoms with Crippen molar-refractivity contribution in [3.05, 3.63) is 29.1 Å². The lowest BCUT2D eigenvalue weighted by Crippen LogP contribution is -2.07. The summed E-state index contributed by atoms with van der Waals surface area (Å²) in [6, 6.07) is 3.09. The van der Waals surface area contributed by atoms with Gasteiger partial charge in [-0.15, -0.1) is 0 Å². The average Bonchev–Trinajstić information content (AvgIpc) is 2.31. The molecule has 0 bridgehead atoms. The van der Waals surface area contributed by atoms with Crippen LogP contribution in [-0.4, -0.2) is 20.2 Å². The molecule has 0 saturated carbocycles. The van der Waals surface area contributed by atoms with Gasteiger partial charge in [0.05, 0.1) is 20.6 Å². The molecule has 0 atom stereocenters. The summed E-state index contributed by atoms with van der Waals surface area (Å²) < 4.78 is 23.3. The van der Waals surface area contributed by atoms with Crippen molar-refractivity contribution in [1.29, 1.82) is 0 Å². The van der Waals surface area contributed by atoms with Crippen LogP contribution in [0.1, 0.15) is 11.1 Å². The number of hydrogen-bond donors (Lipinski definition) is 0. The van der Waals surface area contributed by atoms with E-state index in [-0.39, 0.29) is 12.0 Å². The van der Waals surface area contributed by atoms with E-state index in [1.807, 2.05) is 0 Å². The highest BCUT2D eigenvalue weighted by atomic mass is 79.9. The Labute approximate surface area is 102 Å². The van der Waals surface area contributed by atoms with Crippen molar-refractivity contribution in [3.63, 3.8) is 0 Å². The molecular formula is C11H12BrFO3. The Morgan fingerprint density at radius 2 is 2.00 bits per heavy atom. The van der Waals surface area contributed by atoms with Gasteiger partial charge in [-0.1, -0.05) is 15.9 Å². The Morgan fingerprint density at radius 1 is 1.38 bits per heavy atom. The minimum absolute atomic E-state index is 0.0977. The number of halogens is 2. The van der Waals surface area contributed by atoms with Crippen molar-refractivity contribution >= 4 is 21.9 Å². The number of benzene rings is 1. The van der Waals surface area contributed by atoms with Crippen LogP contribution in [0.4, 0.5) is 4.39 Å². The van der Waals surface area contributed by atoms with Crippen LogP contribution in [0.25, 0.3) is 0 Å². The predicted octanol–water partition coefficient (Wildman–Crippen LogP) is 2.44. The number of rotatable bonds is 4. The van der Waals surface area contributed by atoms with Crippen LogP contribution in [-0.2, 0) is 21.3 Å². The quantitative estimate of drug-likeness (QED) is 0.631. The minimum Gasteiger partial charge on any atom is -0.497 e. The maximum absolute atomic E-state index is 13.8. The fourth-order valence-electron chi connectivity index (χ4n) is 1.29. The Kier molecular flexibility index (Phi) is 4.73. The topological polar surface area (TPSA) is 35.5 Å². The monoisotopic (exact) mass is 290 g/mol. The van der Waals surface area contributed by atoms with Gasteiger partial charge in [-0.3, -0.25) is 4.79 Å². The predicted molar refractivity (Wildman–Crippen MR) is 61.3 cm³/mol. The van der Waals surface area contributed by atoms with Gasteiger partial charge < -0.3 is 9.47 Å². The van der Waals surface area contributed by atoms with E-state index in [0.29, 0.717) is 16.6 Å². The number of carbonyl (C=O) groups excluding carboxylic acids is 1. The van der Waals surface area contributed by atoms with E-state index in [0.717, 1.165) is 0 Å². The lowest BCUT2D eigenvalue weighted by molar-refractivity contribution is -0.139. The number of esters is 1. The van der Waals surface area contributed by atoms with Gasteiger partial charge in [-0.2, -0.15) is 0 Å². The summed E-state index contributed by atoms with van der Waals surface area (Å²) in [6.07, 6.45) is -0.0977. The lowest BCUT2D eigenvalue weighted by atomic mass is 10.1. The van der Waals surface area contributed by atoms with E-state index in [9.17, 15) is 9.18 Å². The van der Waals surface area contributed by atoms with Crippen molar-refractivity contribution in [2.24, 2.45) is 0 Å². The van der Waals surface area contributed by atoms with Crippen LogP contribution >= 0.6 is 15.9 Å². The number of alkyl halides is 1. The van der Waals surface area contributed by atoms with Crippen molar-refractivity contribution in [2.45, 2.75) is 11.8 Å². The SMILES string of the molecule is COC(=O)Cc1cc(OC)cc(CBr)c1F. The van der Waals surface area contributed by atoms with Crippen molar-refractivity contribution in [2.75, 3.05) is 14.2 Å². The molecule has 0 amide bonds. The summed E-state index contributed by atoms with van der Waals surface area (Å²) in [4.78, 5) is 11.1. The zero-order valence-electron chi connectivity index (χ0n) is 9.05. The Morgan fingerprint density at radius 3 is 2.50 bits per heavy atom. The molecule has 0 aliphatic carbocycles. The van der Waals surface area contributed by atoms with Gasteiger partial charge in [0.1, 0.15) is 11.6 Å². The maximum atomic E-state index is 13.8. The largest absolute Gasteiger partial charge is 0.497 e. The number of ether oxygens (including phenoxy) is 2. The summed E-state index contributed by atoms with van der Waals surface area (Å²) in [5, 5.41) is 0.365. The third-order valence-corrected chi connectivity index (χ3v) is 2.74. The van der Waals surface area contributed by atoms with E-state index in [2.05, 4.69) is 20.7 Å². The summed E-state index contributed by atoms with van der Waals surface area (Å²) in [5.41, 5.74) is 0.735. The fourth-order valence-corrected chi connectivity index (χ4v) is 1.70. The average molecular weight is 291 g/mol. The molecule has 0 radical (unpaired) electrons. The molecule has 0 saturated heterocycles. The second-order valence-electron chi connectivity index (χ2n) is 3.15. The summed E-state index contributed by atoms with van der Waals surface area (Å²) >= 11 is 3.18.